The number of carbonyl (C=O) groups excluding carboxylic acids is 1. The van der Waals surface area contributed by atoms with E-state index in [1.54, 1.807) is 4.90 Å². The summed E-state index contributed by atoms with van der Waals surface area (Å²) in [7, 11) is 0. The zero-order valence-electron chi connectivity index (χ0n) is 6.71. The Morgan fingerprint density at radius 2 is 2.36 bits per heavy atom. The van der Waals surface area contributed by atoms with Crippen LogP contribution in [-0.4, -0.2) is 34.6 Å². The number of amides is 1. The Balaban J connectivity index is 2.40. The minimum absolute atomic E-state index is 0.0943. The Morgan fingerprint density at radius 1 is 1.82 bits per heavy atom. The minimum atomic E-state index is -0.626. The summed E-state index contributed by atoms with van der Waals surface area (Å²) in [5.41, 5.74) is -0.626. The molecule has 0 aliphatic carbocycles. The third-order valence-electron chi connectivity index (χ3n) is 2.11. The van der Waals surface area contributed by atoms with Gasteiger partial charge in [-0.25, -0.2) is 0 Å². The molecule has 3 heteroatoms. The van der Waals surface area contributed by atoms with E-state index in [1.807, 2.05) is 6.92 Å². The van der Waals surface area contributed by atoms with Crippen LogP contribution in [0.3, 0.4) is 0 Å². The zero-order chi connectivity index (χ0) is 8.48. The van der Waals surface area contributed by atoms with Crippen LogP contribution in [0.15, 0.2) is 12.7 Å². The highest BCUT2D eigenvalue weighted by molar-refractivity contribution is 5.87. The maximum absolute atomic E-state index is 10.9. The third-order valence-corrected chi connectivity index (χ3v) is 2.11. The van der Waals surface area contributed by atoms with Gasteiger partial charge in [-0.2, -0.15) is 0 Å². The Kier molecular flexibility index (Phi) is 2.00. The van der Waals surface area contributed by atoms with Crippen LogP contribution in [0.1, 0.15) is 13.3 Å². The van der Waals surface area contributed by atoms with Crippen molar-refractivity contribution in [3.05, 3.63) is 12.7 Å². The number of nitrogens with zero attached hydrogens (tertiary/aromatic N) is 1. The summed E-state index contributed by atoms with van der Waals surface area (Å²) < 4.78 is 0. The summed E-state index contributed by atoms with van der Waals surface area (Å²) in [6, 6.07) is 0. The largest absolute Gasteiger partial charge is 0.386 e. The fourth-order valence-electron chi connectivity index (χ4n) is 1.17. The average molecular weight is 155 g/mol. The van der Waals surface area contributed by atoms with E-state index in [4.69, 9.17) is 0 Å². The second-order valence-electron chi connectivity index (χ2n) is 2.98. The van der Waals surface area contributed by atoms with E-state index in [2.05, 4.69) is 6.58 Å². The molecule has 3 nitrogen and oxygen atoms in total. The predicted molar refractivity (Wildman–Crippen MR) is 42.0 cm³/mol. The molecule has 0 radical (unpaired) electrons. The van der Waals surface area contributed by atoms with E-state index in [9.17, 15) is 9.90 Å². The highest BCUT2D eigenvalue weighted by atomic mass is 16.3. The van der Waals surface area contributed by atoms with Gasteiger partial charge in [0.05, 0.1) is 18.7 Å². The molecule has 0 aromatic carbocycles. The molecule has 0 spiro atoms. The summed E-state index contributed by atoms with van der Waals surface area (Å²) in [4.78, 5) is 12.5. The van der Waals surface area contributed by atoms with Gasteiger partial charge in [0.1, 0.15) is 0 Å². The maximum Gasteiger partial charge on any atom is 0.246 e. The molecule has 1 aliphatic rings. The molecule has 0 aromatic heterocycles. The van der Waals surface area contributed by atoms with Crippen molar-refractivity contribution < 1.29 is 9.90 Å². The van der Waals surface area contributed by atoms with Crippen LogP contribution < -0.4 is 0 Å². The van der Waals surface area contributed by atoms with Crippen LogP contribution in [0.5, 0.6) is 0 Å². The number of rotatable bonds is 2. The average Bonchev–Trinajstić information content (AvgIpc) is 1.97. The molecule has 1 aliphatic heterocycles. The van der Waals surface area contributed by atoms with Gasteiger partial charge < -0.3 is 10.0 Å². The van der Waals surface area contributed by atoms with Gasteiger partial charge in [-0.1, -0.05) is 13.5 Å². The van der Waals surface area contributed by atoms with Gasteiger partial charge in [-0.15, -0.1) is 0 Å². The minimum Gasteiger partial charge on any atom is -0.386 e. The molecule has 11 heavy (non-hydrogen) atoms. The molecule has 1 rings (SSSR count). The lowest BCUT2D eigenvalue weighted by Gasteiger charge is -2.45. The number of hydrogen-bond acceptors (Lipinski definition) is 2. The highest BCUT2D eigenvalue weighted by Crippen LogP contribution is 2.23. The third kappa shape index (κ3) is 1.43. The van der Waals surface area contributed by atoms with Gasteiger partial charge >= 0.3 is 0 Å². The van der Waals surface area contributed by atoms with Crippen molar-refractivity contribution in [2.45, 2.75) is 18.9 Å². The van der Waals surface area contributed by atoms with Gasteiger partial charge in [0, 0.05) is 0 Å². The summed E-state index contributed by atoms with van der Waals surface area (Å²) in [6.07, 6.45) is 1.98. The van der Waals surface area contributed by atoms with Crippen molar-refractivity contribution in [3.63, 3.8) is 0 Å². The first-order chi connectivity index (χ1) is 5.11. The van der Waals surface area contributed by atoms with Crippen molar-refractivity contribution in [1.82, 2.24) is 4.90 Å². The van der Waals surface area contributed by atoms with Gasteiger partial charge in [-0.3, -0.25) is 4.79 Å². The first-order valence-corrected chi connectivity index (χ1v) is 3.75. The van der Waals surface area contributed by atoms with E-state index in [1.165, 1.54) is 6.08 Å². The number of carbonyl (C=O) groups is 1. The second kappa shape index (κ2) is 2.66. The molecule has 0 atom stereocenters. The van der Waals surface area contributed by atoms with E-state index in [-0.39, 0.29) is 5.91 Å². The van der Waals surface area contributed by atoms with Crippen LogP contribution in [-0.2, 0) is 4.79 Å². The molecule has 1 amide bonds. The number of likely N-dealkylation sites (tertiary alicyclic amines) is 1. The number of β-amino-alcohol motifs (C(OH)–C–C–N with tert-alkyl or cyclic N) is 1. The molecule has 0 unspecified atom stereocenters. The molecule has 0 saturated carbocycles. The van der Waals surface area contributed by atoms with E-state index in [0.29, 0.717) is 19.5 Å². The summed E-state index contributed by atoms with van der Waals surface area (Å²) in [6.45, 7) is 6.18. The Bertz CT molecular complexity index is 183. The molecular weight excluding hydrogens is 142 g/mol. The van der Waals surface area contributed by atoms with Crippen molar-refractivity contribution in [2.75, 3.05) is 13.1 Å². The topological polar surface area (TPSA) is 40.5 Å². The van der Waals surface area contributed by atoms with Crippen LogP contribution >= 0.6 is 0 Å². The SMILES string of the molecule is C=CC(=O)N1CC(O)(CC)C1. The summed E-state index contributed by atoms with van der Waals surface area (Å²) in [5, 5.41) is 9.51. The zero-order valence-corrected chi connectivity index (χ0v) is 6.71. The first-order valence-electron chi connectivity index (χ1n) is 3.75. The normalized spacial score (nSPS) is 20.7. The molecule has 0 aromatic rings. The van der Waals surface area contributed by atoms with Gasteiger partial charge in [0.15, 0.2) is 0 Å². The predicted octanol–water partition coefficient (Wildman–Crippen LogP) is 0.156. The first kappa shape index (κ1) is 8.27. The monoisotopic (exact) mass is 155 g/mol. The molecule has 1 N–H and O–H groups in total. The van der Waals surface area contributed by atoms with Crippen LogP contribution in [0.2, 0.25) is 0 Å². The molecule has 1 saturated heterocycles. The number of aliphatic hydroxyl groups is 1. The molecular formula is C8H13NO2. The molecule has 1 fully saturated rings. The quantitative estimate of drug-likeness (QED) is 0.577. The van der Waals surface area contributed by atoms with E-state index < -0.39 is 5.60 Å². The molecule has 62 valence electrons. The molecule has 0 bridgehead atoms. The summed E-state index contributed by atoms with van der Waals surface area (Å²) >= 11 is 0. The van der Waals surface area contributed by atoms with Crippen LogP contribution in [0.4, 0.5) is 0 Å². The van der Waals surface area contributed by atoms with Crippen LogP contribution in [0, 0.1) is 0 Å². The smallest absolute Gasteiger partial charge is 0.246 e. The Labute approximate surface area is 66.3 Å². The lowest BCUT2D eigenvalue weighted by Crippen LogP contribution is -2.62. The van der Waals surface area contributed by atoms with Crippen molar-refractivity contribution in [3.8, 4) is 0 Å². The summed E-state index contributed by atoms with van der Waals surface area (Å²) in [5.74, 6) is -0.0943. The van der Waals surface area contributed by atoms with Crippen molar-refractivity contribution in [2.24, 2.45) is 0 Å². The van der Waals surface area contributed by atoms with Crippen molar-refractivity contribution >= 4 is 5.91 Å². The van der Waals surface area contributed by atoms with Crippen molar-refractivity contribution in [1.29, 1.82) is 0 Å². The van der Waals surface area contributed by atoms with Gasteiger partial charge in [0.2, 0.25) is 5.91 Å². The Hall–Kier alpha value is -0.830. The van der Waals surface area contributed by atoms with Gasteiger partial charge in [0.25, 0.3) is 0 Å². The lowest BCUT2D eigenvalue weighted by molar-refractivity contribution is -0.150. The maximum atomic E-state index is 10.9. The fraction of sp³-hybridized carbons (Fsp3) is 0.625. The highest BCUT2D eigenvalue weighted by Gasteiger charge is 2.40. The standard InChI is InChI=1S/C8H13NO2/c1-3-7(10)9-5-8(11,4-2)6-9/h3,11H,1,4-6H2,2H3. The van der Waals surface area contributed by atoms with Crippen LogP contribution in [0.25, 0.3) is 0 Å². The lowest BCUT2D eigenvalue weighted by atomic mass is 9.91. The van der Waals surface area contributed by atoms with E-state index >= 15 is 0 Å². The fourth-order valence-corrected chi connectivity index (χ4v) is 1.17. The Morgan fingerprint density at radius 3 is 2.73 bits per heavy atom. The molecule has 1 heterocycles. The number of hydrogen-bond donors (Lipinski definition) is 1. The van der Waals surface area contributed by atoms with Gasteiger partial charge in [-0.05, 0) is 12.5 Å². The van der Waals surface area contributed by atoms with E-state index in [0.717, 1.165) is 0 Å². The second-order valence-corrected chi connectivity index (χ2v) is 2.98.